The van der Waals surface area contributed by atoms with Crippen LogP contribution >= 0.6 is 0 Å². The predicted molar refractivity (Wildman–Crippen MR) is 80.9 cm³/mol. The van der Waals surface area contributed by atoms with Crippen LogP contribution in [0.3, 0.4) is 0 Å². The van der Waals surface area contributed by atoms with Crippen molar-refractivity contribution in [2.45, 2.75) is 4.90 Å². The quantitative estimate of drug-likeness (QED) is 0.874. The Balaban J connectivity index is 2.33. The lowest BCUT2D eigenvalue weighted by Gasteiger charge is -2.29. The number of benzene rings is 2. The monoisotopic (exact) mass is 302 g/mol. The molecular formula is C15H14N2O3S. The molecule has 1 aliphatic heterocycles. The molecule has 2 aromatic carbocycles. The standard InChI is InChI=1S/C15H14N2O3S/c1-16-15(18)10-7-8-13-12(9-10)11-5-3-4-6-14(11)21(19,20)17(13)2/h3-9H,1-2H3,(H,16,18). The van der Waals surface area contributed by atoms with Gasteiger partial charge in [-0.25, -0.2) is 8.42 Å². The molecule has 0 fully saturated rings. The van der Waals surface area contributed by atoms with Crippen LogP contribution in [0.25, 0.3) is 11.1 Å². The number of hydrogen-bond acceptors (Lipinski definition) is 3. The number of carbonyl (C=O) groups is 1. The van der Waals surface area contributed by atoms with E-state index in [0.717, 1.165) is 5.56 Å². The minimum Gasteiger partial charge on any atom is -0.355 e. The Kier molecular flexibility index (Phi) is 2.98. The first-order valence-electron chi connectivity index (χ1n) is 6.41. The molecule has 0 spiro atoms. The summed E-state index contributed by atoms with van der Waals surface area (Å²) in [6.07, 6.45) is 0. The van der Waals surface area contributed by atoms with Crippen molar-refractivity contribution in [1.82, 2.24) is 5.32 Å². The number of rotatable bonds is 1. The normalized spacial score (nSPS) is 15.0. The zero-order valence-corrected chi connectivity index (χ0v) is 12.4. The van der Waals surface area contributed by atoms with Gasteiger partial charge in [-0.05, 0) is 24.3 Å². The first-order valence-corrected chi connectivity index (χ1v) is 7.85. The molecule has 108 valence electrons. The third-order valence-corrected chi connectivity index (χ3v) is 5.47. The highest BCUT2D eigenvalue weighted by Crippen LogP contribution is 2.42. The summed E-state index contributed by atoms with van der Waals surface area (Å²) in [7, 11) is -0.461. The van der Waals surface area contributed by atoms with Crippen LogP contribution in [-0.2, 0) is 10.0 Å². The van der Waals surface area contributed by atoms with E-state index in [4.69, 9.17) is 0 Å². The Morgan fingerprint density at radius 1 is 1.10 bits per heavy atom. The van der Waals surface area contributed by atoms with Crippen LogP contribution in [-0.4, -0.2) is 28.4 Å². The Morgan fingerprint density at radius 3 is 2.52 bits per heavy atom. The van der Waals surface area contributed by atoms with Gasteiger partial charge >= 0.3 is 0 Å². The highest BCUT2D eigenvalue weighted by molar-refractivity contribution is 7.93. The Hall–Kier alpha value is -2.34. The first kappa shape index (κ1) is 13.6. The molecule has 0 unspecified atom stereocenters. The third-order valence-electron chi connectivity index (χ3n) is 3.64. The van der Waals surface area contributed by atoms with Crippen molar-refractivity contribution in [3.63, 3.8) is 0 Å². The Labute approximate surface area is 123 Å². The molecule has 21 heavy (non-hydrogen) atoms. The Bertz CT molecular complexity index is 844. The van der Waals surface area contributed by atoms with E-state index in [2.05, 4.69) is 5.32 Å². The van der Waals surface area contributed by atoms with Crippen molar-refractivity contribution < 1.29 is 13.2 Å². The molecule has 1 amide bonds. The highest BCUT2D eigenvalue weighted by atomic mass is 32.2. The molecule has 3 rings (SSSR count). The van der Waals surface area contributed by atoms with Gasteiger partial charge in [0.2, 0.25) is 0 Å². The van der Waals surface area contributed by atoms with Gasteiger partial charge in [0.25, 0.3) is 15.9 Å². The van der Waals surface area contributed by atoms with Gasteiger partial charge in [-0.2, -0.15) is 0 Å². The van der Waals surface area contributed by atoms with E-state index >= 15 is 0 Å². The lowest BCUT2D eigenvalue weighted by molar-refractivity contribution is 0.0963. The van der Waals surface area contributed by atoms with Gasteiger partial charge in [0.15, 0.2) is 0 Å². The van der Waals surface area contributed by atoms with E-state index in [0.29, 0.717) is 16.8 Å². The first-order chi connectivity index (χ1) is 9.96. The van der Waals surface area contributed by atoms with E-state index in [1.54, 1.807) is 49.5 Å². The molecule has 5 nitrogen and oxygen atoms in total. The largest absolute Gasteiger partial charge is 0.355 e. The SMILES string of the molecule is CNC(=O)c1ccc2c(c1)-c1ccccc1S(=O)(=O)N2C. The summed E-state index contributed by atoms with van der Waals surface area (Å²) in [5.41, 5.74) is 2.43. The van der Waals surface area contributed by atoms with Crippen LogP contribution in [0.15, 0.2) is 47.4 Å². The molecule has 6 heteroatoms. The van der Waals surface area contributed by atoms with Gasteiger partial charge in [0.05, 0.1) is 10.6 Å². The summed E-state index contributed by atoms with van der Waals surface area (Å²) >= 11 is 0. The molecule has 0 saturated carbocycles. The van der Waals surface area contributed by atoms with E-state index in [9.17, 15) is 13.2 Å². The van der Waals surface area contributed by atoms with Gasteiger partial charge < -0.3 is 5.32 Å². The molecule has 1 N–H and O–H groups in total. The van der Waals surface area contributed by atoms with Gasteiger partial charge in [0, 0.05) is 30.8 Å². The zero-order valence-electron chi connectivity index (χ0n) is 11.6. The smallest absolute Gasteiger partial charge is 0.264 e. The van der Waals surface area contributed by atoms with Gasteiger partial charge in [-0.1, -0.05) is 18.2 Å². The van der Waals surface area contributed by atoms with E-state index in [1.807, 2.05) is 0 Å². The lowest BCUT2D eigenvalue weighted by Crippen LogP contribution is -2.30. The molecule has 1 aliphatic rings. The summed E-state index contributed by atoms with van der Waals surface area (Å²) < 4.78 is 26.2. The Morgan fingerprint density at radius 2 is 1.81 bits per heavy atom. The molecule has 0 bridgehead atoms. The number of sulfonamides is 1. The second-order valence-electron chi connectivity index (χ2n) is 4.78. The van der Waals surface area contributed by atoms with Crippen LogP contribution in [0.1, 0.15) is 10.4 Å². The number of anilines is 1. The number of hydrogen-bond donors (Lipinski definition) is 1. The van der Waals surface area contributed by atoms with Crippen LogP contribution in [0.4, 0.5) is 5.69 Å². The van der Waals surface area contributed by atoms with Gasteiger partial charge in [-0.3, -0.25) is 9.10 Å². The van der Waals surface area contributed by atoms with Crippen molar-refractivity contribution in [2.75, 3.05) is 18.4 Å². The van der Waals surface area contributed by atoms with Crippen molar-refractivity contribution in [1.29, 1.82) is 0 Å². The van der Waals surface area contributed by atoms with Crippen LogP contribution in [0, 0.1) is 0 Å². The minimum atomic E-state index is -3.54. The maximum absolute atomic E-state index is 12.5. The fraction of sp³-hybridized carbons (Fsp3) is 0.133. The van der Waals surface area contributed by atoms with Crippen LogP contribution in [0.5, 0.6) is 0 Å². The summed E-state index contributed by atoms with van der Waals surface area (Å²) in [5, 5.41) is 2.57. The van der Waals surface area contributed by atoms with Crippen molar-refractivity contribution in [2.24, 2.45) is 0 Å². The summed E-state index contributed by atoms with van der Waals surface area (Å²) in [4.78, 5) is 12.0. The number of nitrogens with zero attached hydrogens (tertiary/aromatic N) is 1. The molecular weight excluding hydrogens is 288 g/mol. The molecule has 0 aliphatic carbocycles. The molecule has 2 aromatic rings. The summed E-state index contributed by atoms with van der Waals surface area (Å²) in [6, 6.07) is 11.8. The minimum absolute atomic E-state index is 0.202. The fourth-order valence-corrected chi connectivity index (χ4v) is 3.92. The molecule has 0 saturated heterocycles. The van der Waals surface area contributed by atoms with Crippen molar-refractivity contribution in [3.05, 3.63) is 48.0 Å². The fourth-order valence-electron chi connectivity index (χ4n) is 2.50. The van der Waals surface area contributed by atoms with Crippen LogP contribution < -0.4 is 9.62 Å². The van der Waals surface area contributed by atoms with E-state index in [-0.39, 0.29) is 10.8 Å². The number of nitrogens with one attached hydrogen (secondary N) is 1. The van der Waals surface area contributed by atoms with Crippen molar-refractivity contribution >= 4 is 21.6 Å². The van der Waals surface area contributed by atoms with Gasteiger partial charge in [-0.15, -0.1) is 0 Å². The second kappa shape index (κ2) is 4.60. The average Bonchev–Trinajstić information content (AvgIpc) is 2.51. The lowest BCUT2D eigenvalue weighted by atomic mass is 10.00. The third kappa shape index (κ3) is 1.91. The highest BCUT2D eigenvalue weighted by Gasteiger charge is 2.32. The summed E-state index contributed by atoms with van der Waals surface area (Å²) in [5.74, 6) is -0.202. The topological polar surface area (TPSA) is 66.5 Å². The maximum atomic E-state index is 12.5. The average molecular weight is 302 g/mol. The number of amides is 1. The number of carbonyl (C=O) groups excluding carboxylic acids is 1. The van der Waals surface area contributed by atoms with Crippen molar-refractivity contribution in [3.8, 4) is 11.1 Å². The summed E-state index contributed by atoms with van der Waals surface area (Å²) in [6.45, 7) is 0. The molecule has 1 heterocycles. The number of fused-ring (bicyclic) bond motifs is 3. The van der Waals surface area contributed by atoms with Gasteiger partial charge in [0.1, 0.15) is 0 Å². The molecule has 0 radical (unpaired) electrons. The zero-order chi connectivity index (χ0) is 15.2. The predicted octanol–water partition coefficient (Wildman–Crippen LogP) is 1.85. The molecule has 0 atom stereocenters. The second-order valence-corrected chi connectivity index (χ2v) is 6.72. The maximum Gasteiger partial charge on any atom is 0.264 e. The molecule has 0 aromatic heterocycles. The van der Waals surface area contributed by atoms with E-state index < -0.39 is 10.0 Å². The van der Waals surface area contributed by atoms with E-state index in [1.165, 1.54) is 11.4 Å². The van der Waals surface area contributed by atoms with Crippen LogP contribution in [0.2, 0.25) is 0 Å².